The van der Waals surface area contributed by atoms with Gasteiger partial charge < -0.3 is 5.32 Å². The van der Waals surface area contributed by atoms with Gasteiger partial charge in [-0.05, 0) is 48.7 Å². The average Bonchev–Trinajstić information content (AvgIpc) is 3.22. The predicted molar refractivity (Wildman–Crippen MR) is 130 cm³/mol. The molecule has 5 aromatic rings. The maximum absolute atomic E-state index is 13.0. The van der Waals surface area contributed by atoms with E-state index in [0.29, 0.717) is 26.3 Å². The van der Waals surface area contributed by atoms with Crippen LogP contribution >= 0.6 is 22.9 Å². The molecule has 5 nitrogen and oxygen atoms in total. The second-order valence-corrected chi connectivity index (χ2v) is 8.58. The second kappa shape index (κ2) is 8.49. The molecular formula is C25H17ClN4OS. The van der Waals surface area contributed by atoms with Gasteiger partial charge in [0.15, 0.2) is 0 Å². The Morgan fingerprint density at radius 1 is 0.969 bits per heavy atom. The minimum atomic E-state index is -0.221. The molecule has 7 heteroatoms. The highest BCUT2D eigenvalue weighted by Gasteiger charge is 2.18. The van der Waals surface area contributed by atoms with Crippen molar-refractivity contribution in [3.8, 4) is 22.0 Å². The summed E-state index contributed by atoms with van der Waals surface area (Å²) in [5, 5.41) is 6.33. The summed E-state index contributed by atoms with van der Waals surface area (Å²) >= 11 is 7.83. The Morgan fingerprint density at radius 3 is 2.66 bits per heavy atom. The van der Waals surface area contributed by atoms with E-state index in [-0.39, 0.29) is 5.91 Å². The molecule has 0 atom stereocenters. The van der Waals surface area contributed by atoms with E-state index in [1.54, 1.807) is 24.5 Å². The third-order valence-electron chi connectivity index (χ3n) is 5.04. The fourth-order valence-electron chi connectivity index (χ4n) is 3.51. The number of rotatable bonds is 4. The van der Waals surface area contributed by atoms with E-state index in [1.165, 1.54) is 11.3 Å². The van der Waals surface area contributed by atoms with Gasteiger partial charge in [0.1, 0.15) is 9.88 Å². The zero-order valence-corrected chi connectivity index (χ0v) is 18.6. The summed E-state index contributed by atoms with van der Waals surface area (Å²) in [6.07, 6.45) is 3.47. The van der Waals surface area contributed by atoms with Crippen LogP contribution in [0.25, 0.3) is 32.7 Å². The molecule has 0 spiro atoms. The SMILES string of the molecule is Cc1nc(-c2ccccn2)sc1C(=O)Nc1ccc(Cl)c(-c2nccc3ccccc23)c1. The predicted octanol–water partition coefficient (Wildman–Crippen LogP) is 6.63. The van der Waals surface area contributed by atoms with E-state index >= 15 is 0 Å². The van der Waals surface area contributed by atoms with Crippen molar-refractivity contribution < 1.29 is 4.79 Å². The Kier molecular flexibility index (Phi) is 5.39. The molecule has 0 radical (unpaired) electrons. The number of aryl methyl sites for hydroxylation is 1. The zero-order valence-electron chi connectivity index (χ0n) is 17.0. The van der Waals surface area contributed by atoms with Crippen LogP contribution in [0.5, 0.6) is 0 Å². The van der Waals surface area contributed by atoms with Crippen molar-refractivity contribution in [3.05, 3.63) is 94.7 Å². The lowest BCUT2D eigenvalue weighted by atomic mass is 10.0. The monoisotopic (exact) mass is 456 g/mol. The Morgan fingerprint density at radius 2 is 1.81 bits per heavy atom. The molecule has 5 rings (SSSR count). The summed E-state index contributed by atoms with van der Waals surface area (Å²) in [5.74, 6) is -0.221. The number of carbonyl (C=O) groups excluding carboxylic acids is 1. The molecular weight excluding hydrogens is 440 g/mol. The van der Waals surface area contributed by atoms with E-state index in [0.717, 1.165) is 27.7 Å². The van der Waals surface area contributed by atoms with Crippen LogP contribution in [0.4, 0.5) is 5.69 Å². The summed E-state index contributed by atoms with van der Waals surface area (Å²) in [4.78, 5) is 27.0. The number of aromatic nitrogens is 3. The largest absolute Gasteiger partial charge is 0.321 e. The van der Waals surface area contributed by atoms with Gasteiger partial charge in [-0.25, -0.2) is 4.98 Å². The van der Waals surface area contributed by atoms with Gasteiger partial charge in [0.2, 0.25) is 0 Å². The fraction of sp³-hybridized carbons (Fsp3) is 0.0400. The molecule has 0 fully saturated rings. The first-order chi connectivity index (χ1) is 15.6. The van der Waals surface area contributed by atoms with Crippen LogP contribution in [0.15, 0.2) is 79.1 Å². The van der Waals surface area contributed by atoms with Gasteiger partial charge in [-0.2, -0.15) is 0 Å². The van der Waals surface area contributed by atoms with Gasteiger partial charge in [-0.1, -0.05) is 41.9 Å². The second-order valence-electron chi connectivity index (χ2n) is 7.18. The van der Waals surface area contributed by atoms with Crippen molar-refractivity contribution >= 4 is 45.3 Å². The highest BCUT2D eigenvalue weighted by Crippen LogP contribution is 2.34. The quantitative estimate of drug-likeness (QED) is 0.329. The number of benzene rings is 2. The normalized spacial score (nSPS) is 10.9. The number of thiazole rings is 1. The molecule has 3 heterocycles. The molecule has 32 heavy (non-hydrogen) atoms. The number of anilines is 1. The van der Waals surface area contributed by atoms with E-state index < -0.39 is 0 Å². The van der Waals surface area contributed by atoms with E-state index in [9.17, 15) is 4.79 Å². The molecule has 0 saturated heterocycles. The van der Waals surface area contributed by atoms with Crippen LogP contribution in [0.1, 0.15) is 15.4 Å². The number of hydrogen-bond acceptors (Lipinski definition) is 5. The Labute approximate surface area is 193 Å². The van der Waals surface area contributed by atoms with Gasteiger partial charge in [0.05, 0.1) is 22.1 Å². The smallest absolute Gasteiger partial charge is 0.267 e. The van der Waals surface area contributed by atoms with Crippen molar-refractivity contribution in [1.29, 1.82) is 0 Å². The lowest BCUT2D eigenvalue weighted by molar-refractivity contribution is 0.103. The third-order valence-corrected chi connectivity index (χ3v) is 6.55. The molecule has 0 aliphatic heterocycles. The van der Waals surface area contributed by atoms with E-state index in [1.807, 2.05) is 61.5 Å². The van der Waals surface area contributed by atoms with Crippen molar-refractivity contribution in [2.24, 2.45) is 0 Å². The molecule has 0 unspecified atom stereocenters. The lowest BCUT2D eigenvalue weighted by Crippen LogP contribution is -2.11. The van der Waals surface area contributed by atoms with Crippen LogP contribution in [0, 0.1) is 6.92 Å². The number of pyridine rings is 2. The number of hydrogen-bond donors (Lipinski definition) is 1. The molecule has 156 valence electrons. The molecule has 0 saturated carbocycles. The third kappa shape index (κ3) is 3.86. The number of carbonyl (C=O) groups is 1. The summed E-state index contributed by atoms with van der Waals surface area (Å²) < 4.78 is 0. The molecule has 0 bridgehead atoms. The van der Waals surface area contributed by atoms with Gasteiger partial charge >= 0.3 is 0 Å². The van der Waals surface area contributed by atoms with E-state index in [2.05, 4.69) is 20.3 Å². The lowest BCUT2D eigenvalue weighted by Gasteiger charge is -2.11. The number of nitrogens with zero attached hydrogens (tertiary/aromatic N) is 3. The topological polar surface area (TPSA) is 67.8 Å². The summed E-state index contributed by atoms with van der Waals surface area (Å²) in [6.45, 7) is 1.82. The highest BCUT2D eigenvalue weighted by molar-refractivity contribution is 7.17. The Bertz CT molecular complexity index is 1440. The van der Waals surface area contributed by atoms with Gasteiger partial charge in [-0.15, -0.1) is 11.3 Å². The molecule has 3 aromatic heterocycles. The van der Waals surface area contributed by atoms with Crippen LogP contribution < -0.4 is 5.32 Å². The fourth-order valence-corrected chi connectivity index (χ4v) is 4.66. The van der Waals surface area contributed by atoms with Crippen LogP contribution in [0.3, 0.4) is 0 Å². The van der Waals surface area contributed by atoms with Crippen molar-refractivity contribution in [1.82, 2.24) is 15.0 Å². The molecule has 1 amide bonds. The molecule has 0 aliphatic rings. The first-order valence-corrected chi connectivity index (χ1v) is 11.1. The Balaban J connectivity index is 1.47. The van der Waals surface area contributed by atoms with Gasteiger partial charge in [0.25, 0.3) is 5.91 Å². The molecule has 2 aromatic carbocycles. The zero-order chi connectivity index (χ0) is 22.1. The minimum absolute atomic E-state index is 0.221. The molecule has 1 N–H and O–H groups in total. The number of amides is 1. The van der Waals surface area contributed by atoms with Crippen molar-refractivity contribution in [2.45, 2.75) is 6.92 Å². The average molecular weight is 457 g/mol. The Hall–Kier alpha value is -3.61. The maximum atomic E-state index is 13.0. The number of halogens is 1. The first-order valence-electron chi connectivity index (χ1n) is 9.94. The highest BCUT2D eigenvalue weighted by atomic mass is 35.5. The van der Waals surface area contributed by atoms with Crippen LogP contribution in [-0.2, 0) is 0 Å². The van der Waals surface area contributed by atoms with Crippen molar-refractivity contribution in [2.75, 3.05) is 5.32 Å². The van der Waals surface area contributed by atoms with Crippen LogP contribution in [-0.4, -0.2) is 20.9 Å². The van der Waals surface area contributed by atoms with Gasteiger partial charge in [0, 0.05) is 29.0 Å². The van der Waals surface area contributed by atoms with E-state index in [4.69, 9.17) is 11.6 Å². The summed E-state index contributed by atoms with van der Waals surface area (Å²) in [5.41, 5.74) is 3.58. The summed E-state index contributed by atoms with van der Waals surface area (Å²) in [7, 11) is 0. The standard InChI is InChI=1S/C25H17ClN4OS/c1-15-23(32-25(29-15)21-8-4-5-12-27-21)24(31)30-17-9-10-20(26)19(14-17)22-18-7-3-2-6-16(18)11-13-28-22/h2-14H,1H3,(H,30,31). The minimum Gasteiger partial charge on any atom is -0.321 e. The van der Waals surface area contributed by atoms with Crippen LogP contribution in [0.2, 0.25) is 5.02 Å². The first kappa shape index (κ1) is 20.3. The summed E-state index contributed by atoms with van der Waals surface area (Å²) in [6, 6.07) is 21.0. The van der Waals surface area contributed by atoms with Crippen molar-refractivity contribution in [3.63, 3.8) is 0 Å². The number of nitrogens with one attached hydrogen (secondary N) is 1. The molecule has 0 aliphatic carbocycles. The van der Waals surface area contributed by atoms with Gasteiger partial charge in [-0.3, -0.25) is 14.8 Å². The maximum Gasteiger partial charge on any atom is 0.267 e. The number of fused-ring (bicyclic) bond motifs is 1.